The van der Waals surface area contributed by atoms with Crippen molar-refractivity contribution in [3.63, 3.8) is 0 Å². The minimum Gasteiger partial charge on any atom is -0.423 e. The van der Waals surface area contributed by atoms with Gasteiger partial charge in [-0.1, -0.05) is 0 Å². The Hall–Kier alpha value is -3.42. The van der Waals surface area contributed by atoms with Gasteiger partial charge in [-0.2, -0.15) is 4.98 Å². The van der Waals surface area contributed by atoms with E-state index >= 15 is 0 Å². The summed E-state index contributed by atoms with van der Waals surface area (Å²) in [7, 11) is 1.70. The van der Waals surface area contributed by atoms with Crippen LogP contribution in [0.2, 0.25) is 0 Å². The maximum absolute atomic E-state index is 13.4. The van der Waals surface area contributed by atoms with Crippen LogP contribution < -0.4 is 15.4 Å². The van der Waals surface area contributed by atoms with E-state index in [1.807, 2.05) is 18.2 Å². The van der Waals surface area contributed by atoms with Crippen LogP contribution >= 0.6 is 0 Å². The number of nitrogens with zero attached hydrogens (tertiary/aromatic N) is 5. The molecule has 8 heteroatoms. The van der Waals surface area contributed by atoms with Crippen LogP contribution in [0.25, 0.3) is 22.0 Å². The van der Waals surface area contributed by atoms with E-state index < -0.39 is 0 Å². The molecule has 1 aliphatic heterocycles. The standard InChI is InChI=1S/C20H18FN5O2/c1-24-12-22-17-11-14(3-4-15(17)19(24)27)25-6-8-26(9-7-25)20-23-16-5-2-13(21)10-18(16)28-20/h2-5,10-12H,6-9H2,1H3. The SMILES string of the molecule is Cn1cnc2cc(N3CCN(c4nc5ccc(F)cc5o4)CC3)ccc2c1=O. The lowest BCUT2D eigenvalue weighted by molar-refractivity contribution is 0.539. The number of fused-ring (bicyclic) bond motifs is 2. The minimum absolute atomic E-state index is 0.0474. The lowest BCUT2D eigenvalue weighted by atomic mass is 10.2. The Morgan fingerprint density at radius 2 is 1.79 bits per heavy atom. The Balaban J connectivity index is 1.35. The number of aryl methyl sites for hydroxylation is 1. The van der Waals surface area contributed by atoms with E-state index in [9.17, 15) is 9.18 Å². The number of oxazole rings is 1. The van der Waals surface area contributed by atoms with E-state index in [4.69, 9.17) is 4.42 Å². The zero-order valence-corrected chi connectivity index (χ0v) is 15.3. The maximum Gasteiger partial charge on any atom is 0.298 e. The van der Waals surface area contributed by atoms with Crippen LogP contribution in [0.5, 0.6) is 0 Å². The second kappa shape index (κ2) is 6.33. The molecule has 7 nitrogen and oxygen atoms in total. The Bertz CT molecular complexity index is 1240. The number of hydrogen-bond donors (Lipinski definition) is 0. The molecule has 1 aliphatic rings. The number of benzene rings is 2. The molecular weight excluding hydrogens is 361 g/mol. The summed E-state index contributed by atoms with van der Waals surface area (Å²) in [6.07, 6.45) is 1.54. The number of anilines is 2. The molecule has 1 saturated heterocycles. The van der Waals surface area contributed by atoms with Crippen molar-refractivity contribution in [3.05, 3.63) is 58.9 Å². The van der Waals surface area contributed by atoms with Crippen molar-refractivity contribution in [1.82, 2.24) is 14.5 Å². The number of rotatable bonds is 2. The van der Waals surface area contributed by atoms with E-state index in [2.05, 4.69) is 19.8 Å². The molecule has 28 heavy (non-hydrogen) atoms. The summed E-state index contributed by atoms with van der Waals surface area (Å²) in [4.78, 5) is 25.3. The lowest BCUT2D eigenvalue weighted by Crippen LogP contribution is -2.46. The van der Waals surface area contributed by atoms with Crippen LogP contribution in [0.15, 0.2) is 51.9 Å². The largest absolute Gasteiger partial charge is 0.423 e. The summed E-state index contributed by atoms with van der Waals surface area (Å²) in [6.45, 7) is 3.03. The molecule has 0 spiro atoms. The molecule has 2 aromatic heterocycles. The third kappa shape index (κ3) is 2.77. The summed E-state index contributed by atoms with van der Waals surface area (Å²) in [5, 5.41) is 0.617. The summed E-state index contributed by atoms with van der Waals surface area (Å²) in [5.41, 5.74) is 2.80. The van der Waals surface area contributed by atoms with Crippen LogP contribution in [0, 0.1) is 5.82 Å². The summed E-state index contributed by atoms with van der Waals surface area (Å²) >= 11 is 0. The molecule has 2 aromatic carbocycles. The number of halogens is 1. The van der Waals surface area contributed by atoms with Crippen molar-refractivity contribution in [2.45, 2.75) is 0 Å². The fourth-order valence-corrected chi connectivity index (χ4v) is 3.57. The first-order valence-corrected chi connectivity index (χ1v) is 9.10. The highest BCUT2D eigenvalue weighted by Gasteiger charge is 2.22. The molecule has 5 rings (SSSR count). The quantitative estimate of drug-likeness (QED) is 0.533. The summed E-state index contributed by atoms with van der Waals surface area (Å²) < 4.78 is 20.6. The van der Waals surface area contributed by atoms with Crippen molar-refractivity contribution in [2.24, 2.45) is 7.05 Å². The van der Waals surface area contributed by atoms with Crippen molar-refractivity contribution in [1.29, 1.82) is 0 Å². The van der Waals surface area contributed by atoms with Gasteiger partial charge in [0.1, 0.15) is 11.3 Å². The average Bonchev–Trinajstić information content (AvgIpc) is 3.14. The highest BCUT2D eigenvalue weighted by Crippen LogP contribution is 2.25. The maximum atomic E-state index is 13.4. The van der Waals surface area contributed by atoms with Gasteiger partial charge < -0.3 is 18.8 Å². The monoisotopic (exact) mass is 379 g/mol. The zero-order valence-electron chi connectivity index (χ0n) is 15.3. The van der Waals surface area contributed by atoms with Gasteiger partial charge in [0.05, 0.1) is 17.2 Å². The summed E-state index contributed by atoms with van der Waals surface area (Å²) in [6, 6.07) is 10.6. The first-order valence-electron chi connectivity index (χ1n) is 9.10. The predicted octanol–water partition coefficient (Wildman–Crippen LogP) is 2.54. The first kappa shape index (κ1) is 16.7. The molecule has 0 saturated carbocycles. The molecule has 0 amide bonds. The predicted molar refractivity (Wildman–Crippen MR) is 105 cm³/mol. The first-order chi connectivity index (χ1) is 13.6. The fraction of sp³-hybridized carbons (Fsp3) is 0.250. The second-order valence-corrected chi connectivity index (χ2v) is 6.94. The number of piperazine rings is 1. The molecule has 3 heterocycles. The van der Waals surface area contributed by atoms with Crippen molar-refractivity contribution in [2.75, 3.05) is 36.0 Å². The van der Waals surface area contributed by atoms with Crippen LogP contribution in [0.1, 0.15) is 0 Å². The zero-order chi connectivity index (χ0) is 19.3. The fourth-order valence-electron chi connectivity index (χ4n) is 3.57. The number of hydrogen-bond acceptors (Lipinski definition) is 6. The molecule has 0 atom stereocenters. The van der Waals surface area contributed by atoms with Crippen LogP contribution in [-0.4, -0.2) is 40.7 Å². The van der Waals surface area contributed by atoms with E-state index in [1.54, 1.807) is 19.4 Å². The van der Waals surface area contributed by atoms with Crippen LogP contribution in [0.3, 0.4) is 0 Å². The molecule has 0 radical (unpaired) electrons. The van der Waals surface area contributed by atoms with Crippen LogP contribution in [-0.2, 0) is 7.05 Å². The molecule has 0 aliphatic carbocycles. The average molecular weight is 379 g/mol. The van der Waals surface area contributed by atoms with Gasteiger partial charge in [-0.3, -0.25) is 4.79 Å². The second-order valence-electron chi connectivity index (χ2n) is 6.94. The Morgan fingerprint density at radius 1 is 1.00 bits per heavy atom. The number of aromatic nitrogens is 3. The lowest BCUT2D eigenvalue weighted by Gasteiger charge is -2.35. The van der Waals surface area contributed by atoms with Gasteiger partial charge in [0.25, 0.3) is 11.6 Å². The molecule has 0 N–H and O–H groups in total. The molecule has 0 unspecified atom stereocenters. The topological polar surface area (TPSA) is 67.4 Å². The Labute approximate surface area is 159 Å². The van der Waals surface area contributed by atoms with Crippen molar-refractivity contribution in [3.8, 4) is 0 Å². The van der Waals surface area contributed by atoms with Gasteiger partial charge in [0.2, 0.25) is 0 Å². The molecule has 4 aromatic rings. The Kier molecular flexibility index (Phi) is 3.78. The van der Waals surface area contributed by atoms with Crippen molar-refractivity contribution < 1.29 is 8.81 Å². The smallest absolute Gasteiger partial charge is 0.298 e. The van der Waals surface area contributed by atoms with Crippen molar-refractivity contribution >= 4 is 33.7 Å². The van der Waals surface area contributed by atoms with E-state index in [-0.39, 0.29) is 11.4 Å². The third-order valence-corrected chi connectivity index (χ3v) is 5.16. The van der Waals surface area contributed by atoms with Gasteiger partial charge in [-0.25, -0.2) is 9.37 Å². The van der Waals surface area contributed by atoms with E-state index in [1.165, 1.54) is 16.7 Å². The summed E-state index contributed by atoms with van der Waals surface area (Å²) in [5.74, 6) is -0.334. The minimum atomic E-state index is -0.334. The van der Waals surface area contributed by atoms with Gasteiger partial charge in [0.15, 0.2) is 5.58 Å². The van der Waals surface area contributed by atoms with E-state index in [0.717, 1.165) is 31.9 Å². The normalized spacial score (nSPS) is 14.9. The highest BCUT2D eigenvalue weighted by atomic mass is 19.1. The molecule has 0 bridgehead atoms. The Morgan fingerprint density at radius 3 is 2.61 bits per heavy atom. The highest BCUT2D eigenvalue weighted by molar-refractivity contribution is 5.81. The van der Waals surface area contributed by atoms with Crippen LogP contribution in [0.4, 0.5) is 16.1 Å². The van der Waals surface area contributed by atoms with Gasteiger partial charge in [0, 0.05) is 45.0 Å². The molecular formula is C20H18FN5O2. The van der Waals surface area contributed by atoms with Gasteiger partial charge in [-0.05, 0) is 30.3 Å². The van der Waals surface area contributed by atoms with E-state index in [0.29, 0.717) is 28.0 Å². The van der Waals surface area contributed by atoms with Gasteiger partial charge in [-0.15, -0.1) is 0 Å². The molecule has 142 valence electrons. The third-order valence-electron chi connectivity index (χ3n) is 5.16. The molecule has 1 fully saturated rings. The van der Waals surface area contributed by atoms with Gasteiger partial charge >= 0.3 is 0 Å².